The van der Waals surface area contributed by atoms with Gasteiger partial charge in [-0.2, -0.15) is 0 Å². The third-order valence-electron chi connectivity index (χ3n) is 6.82. The third kappa shape index (κ3) is 2.49. The number of methoxy groups -OCH3 is 2. The first-order valence-corrected chi connectivity index (χ1v) is 10.5. The van der Waals surface area contributed by atoms with Crippen LogP contribution < -0.4 is 30.0 Å². The Morgan fingerprint density at radius 2 is 1.91 bits per heavy atom. The highest BCUT2D eigenvalue weighted by molar-refractivity contribution is 5.73. The van der Waals surface area contributed by atoms with E-state index in [0.29, 0.717) is 41.7 Å². The largest absolute Gasteiger partial charge is 0.497 e. The van der Waals surface area contributed by atoms with E-state index in [1.54, 1.807) is 19.2 Å². The van der Waals surface area contributed by atoms with Crippen LogP contribution in [0.15, 0.2) is 36.4 Å². The summed E-state index contributed by atoms with van der Waals surface area (Å²) in [6.07, 6.45) is -1.45. The van der Waals surface area contributed by atoms with E-state index in [-0.39, 0.29) is 5.92 Å². The lowest BCUT2D eigenvalue weighted by Crippen LogP contribution is -2.53. The van der Waals surface area contributed by atoms with Crippen molar-refractivity contribution in [3.8, 4) is 23.0 Å². The van der Waals surface area contributed by atoms with Crippen LogP contribution in [-0.2, 0) is 15.9 Å². The minimum absolute atomic E-state index is 0.318. The second-order valence-electron chi connectivity index (χ2n) is 8.25. The van der Waals surface area contributed by atoms with Gasteiger partial charge in [0.15, 0.2) is 17.3 Å². The molecule has 1 saturated heterocycles. The highest BCUT2D eigenvalue weighted by Gasteiger charge is 2.78. The van der Waals surface area contributed by atoms with Gasteiger partial charge in [0, 0.05) is 24.6 Å². The molecule has 170 valence electrons. The molecule has 2 fully saturated rings. The lowest BCUT2D eigenvalue weighted by atomic mass is 9.73. The first-order valence-electron chi connectivity index (χ1n) is 10.5. The standard InChI is InChI=1S/C23H26N2O7/c1-12-19-20(31-21(26)25-19)22(27)18-16(29-3)10-15(30-9-8-24)11-17(18)32-23(12,22)13-4-6-14(28-2)7-5-13/h4-7,10-12,19-20,27H,8-9,24H2,1-3H3,(H,25,26)/t12-,19-,20-,22+,23-/m1/s1. The number of nitrogens with two attached hydrogens (primary N) is 1. The zero-order valence-corrected chi connectivity index (χ0v) is 18.1. The molecule has 9 heteroatoms. The molecule has 5 atom stereocenters. The number of fused-ring (bicyclic) bond motifs is 5. The number of hydrogen-bond donors (Lipinski definition) is 3. The Morgan fingerprint density at radius 3 is 2.56 bits per heavy atom. The lowest BCUT2D eigenvalue weighted by molar-refractivity contribution is -0.153. The molecule has 0 radical (unpaired) electrons. The summed E-state index contributed by atoms with van der Waals surface area (Å²) in [6.45, 7) is 2.60. The molecule has 2 aromatic carbocycles. The van der Waals surface area contributed by atoms with Gasteiger partial charge in [0.1, 0.15) is 29.6 Å². The monoisotopic (exact) mass is 442 g/mol. The molecule has 2 aliphatic heterocycles. The van der Waals surface area contributed by atoms with Crippen molar-refractivity contribution in [1.82, 2.24) is 5.32 Å². The van der Waals surface area contributed by atoms with E-state index >= 15 is 0 Å². The molecule has 2 heterocycles. The predicted octanol–water partition coefficient (Wildman–Crippen LogP) is 1.64. The van der Waals surface area contributed by atoms with Gasteiger partial charge in [-0.3, -0.25) is 0 Å². The lowest BCUT2D eigenvalue weighted by Gasteiger charge is -2.40. The molecule has 3 aliphatic rings. The summed E-state index contributed by atoms with van der Waals surface area (Å²) in [5.41, 5.74) is 3.76. The van der Waals surface area contributed by atoms with E-state index in [9.17, 15) is 9.90 Å². The average Bonchev–Trinajstić information content (AvgIpc) is 3.38. The average molecular weight is 442 g/mol. The molecule has 0 unspecified atom stereocenters. The Bertz CT molecular complexity index is 1060. The van der Waals surface area contributed by atoms with Crippen LogP contribution >= 0.6 is 0 Å². The quantitative estimate of drug-likeness (QED) is 0.617. The molecule has 9 nitrogen and oxygen atoms in total. The van der Waals surface area contributed by atoms with E-state index < -0.39 is 29.4 Å². The summed E-state index contributed by atoms with van der Waals surface area (Å²) in [5, 5.41) is 15.3. The Morgan fingerprint density at radius 1 is 1.16 bits per heavy atom. The van der Waals surface area contributed by atoms with Gasteiger partial charge >= 0.3 is 6.09 Å². The SMILES string of the molecule is COc1ccc([C@@]23Oc4cc(OCCN)cc(OC)c4[C@]2(O)[C@@H]2OC(=O)N[C@@H]2[C@H]3C)cc1. The van der Waals surface area contributed by atoms with Crippen molar-refractivity contribution < 1.29 is 33.6 Å². The first kappa shape index (κ1) is 20.7. The summed E-state index contributed by atoms with van der Waals surface area (Å²) in [4.78, 5) is 12.1. The summed E-state index contributed by atoms with van der Waals surface area (Å²) in [6, 6.07) is 10.3. The van der Waals surface area contributed by atoms with Crippen LogP contribution in [0.3, 0.4) is 0 Å². The molecule has 1 aliphatic carbocycles. The molecule has 32 heavy (non-hydrogen) atoms. The maximum atomic E-state index is 12.4. The Balaban J connectivity index is 1.73. The summed E-state index contributed by atoms with van der Waals surface area (Å²) in [5.74, 6) is 1.62. The van der Waals surface area contributed by atoms with Crippen LogP contribution in [0.4, 0.5) is 4.79 Å². The number of aliphatic hydroxyl groups is 1. The van der Waals surface area contributed by atoms with E-state index in [1.165, 1.54) is 7.11 Å². The highest BCUT2D eigenvalue weighted by atomic mass is 16.6. The van der Waals surface area contributed by atoms with E-state index in [2.05, 4.69) is 5.32 Å². The first-order chi connectivity index (χ1) is 15.4. The van der Waals surface area contributed by atoms with Crippen molar-refractivity contribution in [2.45, 2.75) is 30.3 Å². The molecule has 0 spiro atoms. The van der Waals surface area contributed by atoms with E-state index in [1.807, 2.05) is 31.2 Å². The molecular weight excluding hydrogens is 416 g/mol. The zero-order chi connectivity index (χ0) is 22.7. The minimum atomic E-state index is -1.71. The van der Waals surface area contributed by atoms with Crippen LogP contribution in [0.25, 0.3) is 0 Å². The van der Waals surface area contributed by atoms with Crippen LogP contribution in [-0.4, -0.2) is 50.7 Å². The smallest absolute Gasteiger partial charge is 0.407 e. The van der Waals surface area contributed by atoms with Gasteiger partial charge < -0.3 is 39.8 Å². The van der Waals surface area contributed by atoms with E-state index in [0.717, 1.165) is 5.56 Å². The molecule has 5 rings (SSSR count). The van der Waals surface area contributed by atoms with E-state index in [4.69, 9.17) is 29.4 Å². The number of amides is 1. The maximum absolute atomic E-state index is 12.4. The fourth-order valence-corrected chi connectivity index (χ4v) is 5.47. The van der Waals surface area contributed by atoms with Gasteiger partial charge in [-0.1, -0.05) is 19.1 Å². The molecule has 1 amide bonds. The fraction of sp³-hybridized carbons (Fsp3) is 0.435. The summed E-state index contributed by atoms with van der Waals surface area (Å²) in [7, 11) is 3.10. The molecule has 2 aromatic rings. The van der Waals surface area contributed by atoms with Crippen LogP contribution in [0.1, 0.15) is 18.1 Å². The van der Waals surface area contributed by atoms with Crippen molar-refractivity contribution in [3.05, 3.63) is 47.5 Å². The number of carbonyl (C=O) groups is 1. The van der Waals surface area contributed by atoms with Crippen LogP contribution in [0, 0.1) is 5.92 Å². The van der Waals surface area contributed by atoms with Crippen LogP contribution in [0.2, 0.25) is 0 Å². The zero-order valence-electron chi connectivity index (χ0n) is 18.1. The number of nitrogens with one attached hydrogen (secondary N) is 1. The molecular formula is C23H26N2O7. The topological polar surface area (TPSA) is 122 Å². The van der Waals surface area contributed by atoms with Crippen molar-refractivity contribution in [1.29, 1.82) is 0 Å². The molecule has 0 aromatic heterocycles. The van der Waals surface area contributed by atoms with Gasteiger partial charge in [-0.05, 0) is 17.7 Å². The van der Waals surface area contributed by atoms with Gasteiger partial charge in [0.25, 0.3) is 0 Å². The minimum Gasteiger partial charge on any atom is -0.497 e. The number of alkyl carbamates (subject to hydrolysis) is 1. The number of carbonyl (C=O) groups excluding carboxylic acids is 1. The number of ether oxygens (including phenoxy) is 5. The third-order valence-corrected chi connectivity index (χ3v) is 6.82. The van der Waals surface area contributed by atoms with Gasteiger partial charge in [-0.25, -0.2) is 4.79 Å². The predicted molar refractivity (Wildman–Crippen MR) is 113 cm³/mol. The Labute approximate surface area is 185 Å². The highest BCUT2D eigenvalue weighted by Crippen LogP contribution is 2.67. The number of rotatable bonds is 6. The van der Waals surface area contributed by atoms with Gasteiger partial charge in [0.2, 0.25) is 0 Å². The van der Waals surface area contributed by atoms with Gasteiger partial charge in [-0.15, -0.1) is 0 Å². The van der Waals surface area contributed by atoms with Crippen molar-refractivity contribution in [2.24, 2.45) is 11.7 Å². The van der Waals surface area contributed by atoms with Crippen molar-refractivity contribution >= 4 is 6.09 Å². The maximum Gasteiger partial charge on any atom is 0.407 e. The fourth-order valence-electron chi connectivity index (χ4n) is 5.47. The number of benzene rings is 2. The van der Waals surface area contributed by atoms with Crippen molar-refractivity contribution in [2.75, 3.05) is 27.4 Å². The molecule has 1 saturated carbocycles. The van der Waals surface area contributed by atoms with Crippen molar-refractivity contribution in [3.63, 3.8) is 0 Å². The molecule has 0 bridgehead atoms. The second kappa shape index (κ2) is 7.18. The van der Waals surface area contributed by atoms with Gasteiger partial charge in [0.05, 0.1) is 25.8 Å². The second-order valence-corrected chi connectivity index (χ2v) is 8.25. The Kier molecular flexibility index (Phi) is 4.65. The van der Waals surface area contributed by atoms with Crippen LogP contribution in [0.5, 0.6) is 23.0 Å². The molecule has 4 N–H and O–H groups in total. The Hall–Kier alpha value is -3.17. The summed E-state index contributed by atoms with van der Waals surface area (Å²) < 4.78 is 28.9. The normalized spacial score (nSPS) is 31.7. The number of hydrogen-bond acceptors (Lipinski definition) is 8. The summed E-state index contributed by atoms with van der Waals surface area (Å²) >= 11 is 0.